The van der Waals surface area contributed by atoms with Crippen LogP contribution in [0, 0.1) is 0 Å². The normalized spacial score (nSPS) is 26.4. The van der Waals surface area contributed by atoms with Gasteiger partial charge < -0.3 is 9.57 Å². The van der Waals surface area contributed by atoms with Crippen molar-refractivity contribution in [3.05, 3.63) is 0 Å². The third-order valence-corrected chi connectivity index (χ3v) is 0.790. The van der Waals surface area contributed by atoms with Crippen LogP contribution in [0.5, 0.6) is 0 Å². The molecule has 8 heavy (non-hydrogen) atoms. The van der Waals surface area contributed by atoms with E-state index in [2.05, 4.69) is 9.99 Å². The molecule has 3 nitrogen and oxygen atoms in total. The molecule has 0 aliphatic carbocycles. The summed E-state index contributed by atoms with van der Waals surface area (Å²) >= 11 is 0. The Kier molecular flexibility index (Phi) is 1.86. The zero-order valence-electron chi connectivity index (χ0n) is 4.83. The molecule has 1 aliphatic rings. The summed E-state index contributed by atoms with van der Waals surface area (Å²) in [4.78, 5) is 4.67. The maximum absolute atomic E-state index is 4.83. The van der Waals surface area contributed by atoms with Crippen LogP contribution in [0.25, 0.3) is 0 Å². The maximum Gasteiger partial charge on any atom is 0.119 e. The van der Waals surface area contributed by atoms with E-state index in [1.807, 2.05) is 6.92 Å². The van der Waals surface area contributed by atoms with Gasteiger partial charge >= 0.3 is 0 Å². The first-order valence-corrected chi connectivity index (χ1v) is 2.70. The second-order valence-corrected chi connectivity index (χ2v) is 1.54. The minimum atomic E-state index is 0.238. The molecule has 1 atom stereocenters. The van der Waals surface area contributed by atoms with Crippen molar-refractivity contribution in [3.8, 4) is 0 Å². The average molecular weight is 115 g/mol. The van der Waals surface area contributed by atoms with E-state index in [1.165, 1.54) is 0 Å². The van der Waals surface area contributed by atoms with Crippen LogP contribution in [0.3, 0.4) is 0 Å². The molecule has 1 unspecified atom stereocenters. The molecule has 1 fully saturated rings. The van der Waals surface area contributed by atoms with Crippen LogP contribution in [-0.4, -0.2) is 25.5 Å². The second-order valence-electron chi connectivity index (χ2n) is 1.54. The monoisotopic (exact) mass is 115 g/mol. The summed E-state index contributed by atoms with van der Waals surface area (Å²) in [7, 11) is 0. The van der Waals surface area contributed by atoms with Gasteiger partial charge in [0.15, 0.2) is 0 Å². The van der Waals surface area contributed by atoms with Gasteiger partial charge in [-0.15, -0.1) is 0 Å². The van der Waals surface area contributed by atoms with Crippen molar-refractivity contribution in [1.82, 2.24) is 0 Å². The quantitative estimate of drug-likeness (QED) is 0.303. The number of rotatable bonds is 3. The SMILES string of the molecule is CCON=CC1CO1. The summed E-state index contributed by atoms with van der Waals surface area (Å²) in [5.41, 5.74) is 0. The predicted octanol–water partition coefficient (Wildman–Crippen LogP) is 0.407. The van der Waals surface area contributed by atoms with Crippen molar-refractivity contribution in [2.75, 3.05) is 13.2 Å². The fourth-order valence-corrected chi connectivity index (χ4v) is 0.327. The van der Waals surface area contributed by atoms with E-state index >= 15 is 0 Å². The molecule has 3 heteroatoms. The number of hydrogen-bond acceptors (Lipinski definition) is 3. The van der Waals surface area contributed by atoms with Crippen LogP contribution in [-0.2, 0) is 9.57 Å². The highest BCUT2D eigenvalue weighted by Gasteiger charge is 2.19. The molecule has 46 valence electrons. The number of ether oxygens (including phenoxy) is 1. The zero-order valence-corrected chi connectivity index (χ0v) is 4.83. The maximum atomic E-state index is 4.83. The van der Waals surface area contributed by atoms with Crippen LogP contribution in [0.2, 0.25) is 0 Å². The Bertz CT molecular complexity index is 88.4. The molecular formula is C5H9NO2. The Balaban J connectivity index is 1.96. The Hall–Kier alpha value is -0.570. The molecular weight excluding hydrogens is 106 g/mol. The van der Waals surface area contributed by atoms with E-state index in [4.69, 9.17) is 4.74 Å². The highest BCUT2D eigenvalue weighted by Crippen LogP contribution is 2.04. The summed E-state index contributed by atoms with van der Waals surface area (Å²) in [5.74, 6) is 0. The van der Waals surface area contributed by atoms with E-state index in [0.717, 1.165) is 6.61 Å². The molecule has 1 aliphatic heterocycles. The first kappa shape index (κ1) is 5.56. The van der Waals surface area contributed by atoms with E-state index in [0.29, 0.717) is 6.61 Å². The lowest BCUT2D eigenvalue weighted by Gasteiger charge is -1.86. The van der Waals surface area contributed by atoms with Crippen molar-refractivity contribution in [1.29, 1.82) is 0 Å². The standard InChI is InChI=1S/C5H9NO2/c1-2-8-6-3-5-4-7-5/h3,5H,2,4H2,1H3. The Morgan fingerprint density at radius 2 is 2.75 bits per heavy atom. The summed E-state index contributed by atoms with van der Waals surface area (Å²) in [6, 6.07) is 0. The molecule has 0 aromatic carbocycles. The molecule has 0 spiro atoms. The molecule has 0 bridgehead atoms. The molecule has 1 saturated heterocycles. The van der Waals surface area contributed by atoms with Gasteiger partial charge in [-0.05, 0) is 6.92 Å². The summed E-state index contributed by atoms with van der Waals surface area (Å²) in [5, 5.41) is 3.60. The largest absolute Gasteiger partial charge is 0.396 e. The Morgan fingerprint density at radius 1 is 2.00 bits per heavy atom. The molecule has 0 aromatic heterocycles. The average Bonchev–Trinajstić information content (AvgIpc) is 2.51. The molecule has 0 aromatic rings. The van der Waals surface area contributed by atoms with Crippen LogP contribution < -0.4 is 0 Å². The van der Waals surface area contributed by atoms with Crippen LogP contribution >= 0.6 is 0 Å². The fourth-order valence-electron chi connectivity index (χ4n) is 0.327. The minimum Gasteiger partial charge on any atom is -0.396 e. The number of oxime groups is 1. The van der Waals surface area contributed by atoms with Gasteiger partial charge in [0.2, 0.25) is 0 Å². The van der Waals surface area contributed by atoms with Crippen LogP contribution in [0.15, 0.2) is 5.16 Å². The summed E-state index contributed by atoms with van der Waals surface area (Å²) in [6.07, 6.45) is 1.91. The zero-order chi connectivity index (χ0) is 5.82. The number of hydrogen-bond donors (Lipinski definition) is 0. The minimum absolute atomic E-state index is 0.238. The predicted molar refractivity (Wildman–Crippen MR) is 29.9 cm³/mol. The van der Waals surface area contributed by atoms with Gasteiger partial charge in [-0.25, -0.2) is 0 Å². The van der Waals surface area contributed by atoms with Gasteiger partial charge in [-0.3, -0.25) is 0 Å². The molecule has 0 N–H and O–H groups in total. The van der Waals surface area contributed by atoms with Gasteiger partial charge in [-0.2, -0.15) is 0 Å². The van der Waals surface area contributed by atoms with Crippen molar-refractivity contribution in [2.45, 2.75) is 13.0 Å². The summed E-state index contributed by atoms with van der Waals surface area (Å²) in [6.45, 7) is 3.32. The van der Waals surface area contributed by atoms with E-state index in [9.17, 15) is 0 Å². The van der Waals surface area contributed by atoms with Crippen molar-refractivity contribution in [2.24, 2.45) is 5.16 Å². The Labute approximate surface area is 48.3 Å². The topological polar surface area (TPSA) is 34.1 Å². The lowest BCUT2D eigenvalue weighted by atomic mass is 10.5. The third kappa shape index (κ3) is 1.93. The molecule has 1 heterocycles. The third-order valence-electron chi connectivity index (χ3n) is 0.790. The van der Waals surface area contributed by atoms with Gasteiger partial charge in [0.05, 0.1) is 12.8 Å². The first-order valence-electron chi connectivity index (χ1n) is 2.70. The van der Waals surface area contributed by atoms with E-state index in [-0.39, 0.29) is 6.10 Å². The smallest absolute Gasteiger partial charge is 0.119 e. The highest BCUT2D eigenvalue weighted by molar-refractivity contribution is 5.64. The van der Waals surface area contributed by atoms with E-state index < -0.39 is 0 Å². The summed E-state index contributed by atoms with van der Waals surface area (Å²) < 4.78 is 4.83. The van der Waals surface area contributed by atoms with Crippen LogP contribution in [0.1, 0.15) is 6.92 Å². The molecule has 0 saturated carbocycles. The number of nitrogens with zero attached hydrogens (tertiary/aromatic N) is 1. The lowest BCUT2D eigenvalue weighted by Crippen LogP contribution is -1.86. The fraction of sp³-hybridized carbons (Fsp3) is 0.800. The molecule has 0 radical (unpaired) electrons. The van der Waals surface area contributed by atoms with Gasteiger partial charge in [0, 0.05) is 0 Å². The highest BCUT2D eigenvalue weighted by atomic mass is 16.6. The Morgan fingerprint density at radius 3 is 3.25 bits per heavy atom. The molecule has 0 amide bonds. The van der Waals surface area contributed by atoms with Gasteiger partial charge in [-0.1, -0.05) is 5.16 Å². The second kappa shape index (κ2) is 2.67. The number of epoxide rings is 1. The van der Waals surface area contributed by atoms with Crippen molar-refractivity contribution >= 4 is 6.21 Å². The first-order chi connectivity index (χ1) is 3.93. The van der Waals surface area contributed by atoms with Gasteiger partial charge in [0.1, 0.15) is 12.7 Å². The lowest BCUT2D eigenvalue weighted by molar-refractivity contribution is 0.159. The van der Waals surface area contributed by atoms with Crippen molar-refractivity contribution in [3.63, 3.8) is 0 Å². The van der Waals surface area contributed by atoms with Crippen LogP contribution in [0.4, 0.5) is 0 Å². The van der Waals surface area contributed by atoms with E-state index in [1.54, 1.807) is 6.21 Å². The van der Waals surface area contributed by atoms with Crippen molar-refractivity contribution < 1.29 is 9.57 Å². The van der Waals surface area contributed by atoms with Gasteiger partial charge in [0.25, 0.3) is 0 Å². The molecule has 1 rings (SSSR count).